The molecule has 102 valence electrons. The molecule has 1 N–H and O–H groups in total. The van der Waals surface area contributed by atoms with Gasteiger partial charge >= 0.3 is 0 Å². The topological polar surface area (TPSA) is 32.3 Å². The van der Waals surface area contributed by atoms with Gasteiger partial charge in [-0.1, -0.05) is 6.07 Å². The average Bonchev–Trinajstić information content (AvgIpc) is 3.00. The summed E-state index contributed by atoms with van der Waals surface area (Å²) in [5.41, 5.74) is 0.748. The first-order valence-corrected chi connectivity index (χ1v) is 8.64. The number of nitrogens with zero attached hydrogens (tertiary/aromatic N) is 1. The Morgan fingerprint density at radius 3 is 2.79 bits per heavy atom. The van der Waals surface area contributed by atoms with Crippen molar-refractivity contribution in [3.63, 3.8) is 0 Å². The third-order valence-corrected chi connectivity index (χ3v) is 5.54. The maximum atomic E-state index is 12.0. The lowest BCUT2D eigenvalue weighted by atomic mass is 10.2. The Morgan fingerprint density at radius 2 is 2.26 bits per heavy atom. The quantitative estimate of drug-likeness (QED) is 0.772. The van der Waals surface area contributed by atoms with Gasteiger partial charge in [0.25, 0.3) is 5.91 Å². The van der Waals surface area contributed by atoms with E-state index in [0.29, 0.717) is 6.54 Å². The minimum Gasteiger partial charge on any atom is -0.350 e. The summed E-state index contributed by atoms with van der Waals surface area (Å²) in [6, 6.07) is 6.28. The van der Waals surface area contributed by atoms with Gasteiger partial charge < -0.3 is 10.2 Å². The zero-order valence-corrected chi connectivity index (χ0v) is 14.5. The first-order valence-electron chi connectivity index (χ1n) is 5.80. The summed E-state index contributed by atoms with van der Waals surface area (Å²) in [5.74, 6) is 0.00238. The van der Waals surface area contributed by atoms with Gasteiger partial charge in [-0.05, 0) is 54.2 Å². The number of likely N-dealkylation sites (N-methyl/N-ethyl adjacent to an activating group) is 1. The Kier molecular flexibility index (Phi) is 5.37. The fourth-order valence-electron chi connectivity index (χ4n) is 1.74. The van der Waals surface area contributed by atoms with Crippen molar-refractivity contribution >= 4 is 51.2 Å². The van der Waals surface area contributed by atoms with Crippen LogP contribution >= 0.6 is 45.3 Å². The highest BCUT2D eigenvalue weighted by Gasteiger charge is 2.17. The molecule has 0 aliphatic rings. The van der Waals surface area contributed by atoms with E-state index in [1.54, 1.807) is 22.7 Å². The van der Waals surface area contributed by atoms with Crippen molar-refractivity contribution in [2.75, 3.05) is 20.6 Å². The number of hydrogen-bond donors (Lipinski definition) is 1. The number of carbonyl (C=O) groups is 1. The number of carbonyl (C=O) groups excluding carboxylic acids is 1. The predicted molar refractivity (Wildman–Crippen MR) is 90.1 cm³/mol. The van der Waals surface area contributed by atoms with E-state index in [0.717, 1.165) is 8.45 Å². The summed E-state index contributed by atoms with van der Waals surface area (Å²) in [4.78, 5) is 15.4. The number of hydrogen-bond acceptors (Lipinski definition) is 4. The molecule has 1 amide bonds. The number of thiophene rings is 2. The minimum absolute atomic E-state index is 0.00238. The molecule has 1 unspecified atom stereocenters. The molecular formula is C13H15IN2OS2. The van der Waals surface area contributed by atoms with Gasteiger partial charge in [-0.3, -0.25) is 4.79 Å². The number of amides is 1. The fourth-order valence-corrected chi connectivity index (χ4v) is 3.99. The van der Waals surface area contributed by atoms with Crippen molar-refractivity contribution in [2.45, 2.75) is 6.04 Å². The van der Waals surface area contributed by atoms with Crippen molar-refractivity contribution < 1.29 is 4.79 Å². The van der Waals surface area contributed by atoms with Crippen LogP contribution < -0.4 is 5.32 Å². The molecule has 2 rings (SSSR count). The zero-order chi connectivity index (χ0) is 13.8. The third-order valence-electron chi connectivity index (χ3n) is 2.78. The Labute approximate surface area is 134 Å². The van der Waals surface area contributed by atoms with Gasteiger partial charge in [0.2, 0.25) is 0 Å². The van der Waals surface area contributed by atoms with Crippen molar-refractivity contribution in [1.82, 2.24) is 10.2 Å². The number of halogens is 1. The summed E-state index contributed by atoms with van der Waals surface area (Å²) in [6.45, 7) is 0.624. The van der Waals surface area contributed by atoms with E-state index in [-0.39, 0.29) is 11.9 Å². The average molecular weight is 406 g/mol. The molecule has 0 bridgehead atoms. The molecule has 0 aliphatic carbocycles. The van der Waals surface area contributed by atoms with Gasteiger partial charge in [-0.2, -0.15) is 0 Å². The van der Waals surface area contributed by atoms with Crippen LogP contribution in [0.3, 0.4) is 0 Å². The van der Waals surface area contributed by atoms with Gasteiger partial charge in [-0.25, -0.2) is 0 Å². The molecule has 0 aliphatic heterocycles. The second kappa shape index (κ2) is 6.83. The zero-order valence-electron chi connectivity index (χ0n) is 10.7. The van der Waals surface area contributed by atoms with E-state index in [9.17, 15) is 4.79 Å². The largest absolute Gasteiger partial charge is 0.350 e. The van der Waals surface area contributed by atoms with E-state index in [2.05, 4.69) is 44.3 Å². The monoisotopic (exact) mass is 406 g/mol. The second-order valence-electron chi connectivity index (χ2n) is 4.34. The minimum atomic E-state index is 0.00238. The molecule has 0 saturated heterocycles. The van der Waals surface area contributed by atoms with Crippen LogP contribution in [-0.2, 0) is 0 Å². The lowest BCUT2D eigenvalue weighted by Gasteiger charge is -2.23. The highest BCUT2D eigenvalue weighted by Crippen LogP contribution is 2.22. The smallest absolute Gasteiger partial charge is 0.252 e. The van der Waals surface area contributed by atoms with Crippen LogP contribution in [0.15, 0.2) is 29.0 Å². The molecular weight excluding hydrogens is 391 g/mol. The lowest BCUT2D eigenvalue weighted by Crippen LogP contribution is -2.34. The van der Waals surface area contributed by atoms with Crippen LogP contribution in [0.1, 0.15) is 21.3 Å². The standard InChI is InChI=1S/C13H15IN2OS2/c1-16(2)10(11-4-3-5-18-11)7-15-13(17)9-6-12(14)19-8-9/h3-6,8,10H,7H2,1-2H3,(H,15,17). The van der Waals surface area contributed by atoms with E-state index < -0.39 is 0 Å². The first-order chi connectivity index (χ1) is 9.08. The summed E-state index contributed by atoms with van der Waals surface area (Å²) in [7, 11) is 4.06. The van der Waals surface area contributed by atoms with Crippen LogP contribution in [-0.4, -0.2) is 31.4 Å². The molecule has 3 nitrogen and oxygen atoms in total. The normalized spacial score (nSPS) is 12.6. The van der Waals surface area contributed by atoms with E-state index in [1.165, 1.54) is 4.88 Å². The van der Waals surface area contributed by atoms with Crippen LogP contribution in [0.4, 0.5) is 0 Å². The SMILES string of the molecule is CN(C)C(CNC(=O)c1csc(I)c1)c1cccs1. The maximum Gasteiger partial charge on any atom is 0.252 e. The molecule has 2 aromatic heterocycles. The summed E-state index contributed by atoms with van der Waals surface area (Å²) in [5, 5.41) is 6.97. The Balaban J connectivity index is 1.98. The van der Waals surface area contributed by atoms with Crippen LogP contribution in [0, 0.1) is 2.88 Å². The van der Waals surface area contributed by atoms with Crippen molar-refractivity contribution in [1.29, 1.82) is 0 Å². The molecule has 2 heterocycles. The van der Waals surface area contributed by atoms with Crippen LogP contribution in [0.25, 0.3) is 0 Å². The second-order valence-corrected chi connectivity index (χ2v) is 8.13. The molecule has 1 atom stereocenters. The van der Waals surface area contributed by atoms with Gasteiger partial charge in [0.05, 0.1) is 14.5 Å². The highest BCUT2D eigenvalue weighted by molar-refractivity contribution is 14.1. The fraction of sp³-hybridized carbons (Fsp3) is 0.308. The molecule has 6 heteroatoms. The molecule has 0 fully saturated rings. The summed E-state index contributed by atoms with van der Waals surface area (Å²) < 4.78 is 1.13. The predicted octanol–water partition coefficient (Wildman–Crippen LogP) is 3.45. The van der Waals surface area contributed by atoms with E-state index in [4.69, 9.17) is 0 Å². The van der Waals surface area contributed by atoms with Crippen molar-refractivity contribution in [3.8, 4) is 0 Å². The summed E-state index contributed by atoms with van der Waals surface area (Å²) >= 11 is 5.53. The molecule has 0 aromatic carbocycles. The molecule has 0 saturated carbocycles. The van der Waals surface area contributed by atoms with Gasteiger partial charge in [0, 0.05) is 16.8 Å². The van der Waals surface area contributed by atoms with Gasteiger partial charge in [-0.15, -0.1) is 22.7 Å². The molecule has 0 radical (unpaired) electrons. The summed E-state index contributed by atoms with van der Waals surface area (Å²) in [6.07, 6.45) is 0. The molecule has 2 aromatic rings. The first kappa shape index (κ1) is 15.0. The molecule has 0 spiro atoms. The Bertz CT molecular complexity index is 537. The van der Waals surface area contributed by atoms with Crippen molar-refractivity contribution in [2.24, 2.45) is 0 Å². The highest BCUT2D eigenvalue weighted by atomic mass is 127. The third kappa shape index (κ3) is 4.01. The Hall–Kier alpha value is -0.440. The van der Waals surface area contributed by atoms with Gasteiger partial charge in [0.1, 0.15) is 0 Å². The number of rotatable bonds is 5. The van der Waals surface area contributed by atoms with Gasteiger partial charge in [0.15, 0.2) is 0 Å². The van der Waals surface area contributed by atoms with Crippen LogP contribution in [0.2, 0.25) is 0 Å². The Morgan fingerprint density at radius 1 is 1.47 bits per heavy atom. The maximum absolute atomic E-state index is 12.0. The number of nitrogens with one attached hydrogen (secondary N) is 1. The van der Waals surface area contributed by atoms with E-state index >= 15 is 0 Å². The lowest BCUT2D eigenvalue weighted by molar-refractivity contribution is 0.0942. The van der Waals surface area contributed by atoms with Crippen LogP contribution in [0.5, 0.6) is 0 Å². The van der Waals surface area contributed by atoms with Crippen molar-refractivity contribution in [3.05, 3.63) is 42.3 Å². The van der Waals surface area contributed by atoms with E-state index in [1.807, 2.05) is 31.6 Å². The molecule has 19 heavy (non-hydrogen) atoms.